The van der Waals surface area contributed by atoms with Gasteiger partial charge in [-0.05, 0) is 43.9 Å². The predicted molar refractivity (Wildman–Crippen MR) is 125 cm³/mol. The van der Waals surface area contributed by atoms with E-state index in [2.05, 4.69) is 16.0 Å². The minimum atomic E-state index is -0.184. The molecule has 3 fully saturated rings. The molecule has 0 spiro atoms. The predicted octanol–water partition coefficient (Wildman–Crippen LogP) is 2.79. The maximum absolute atomic E-state index is 12.7. The summed E-state index contributed by atoms with van der Waals surface area (Å²) < 4.78 is 5.31. The molecule has 0 aromatic heterocycles. The molecule has 0 bridgehead atoms. The number of ether oxygens (including phenoxy) is 1. The maximum atomic E-state index is 12.7. The molecule has 33 heavy (non-hydrogen) atoms. The van der Waals surface area contributed by atoms with Crippen LogP contribution in [0.15, 0.2) is 24.3 Å². The molecule has 1 aromatic rings. The van der Waals surface area contributed by atoms with Gasteiger partial charge in [0, 0.05) is 49.5 Å². The van der Waals surface area contributed by atoms with Gasteiger partial charge < -0.3 is 30.5 Å². The number of nitrogens with one attached hydrogen (secondary N) is 3. The van der Waals surface area contributed by atoms with Gasteiger partial charge in [0.15, 0.2) is 0 Å². The summed E-state index contributed by atoms with van der Waals surface area (Å²) in [6.45, 7) is 3.41. The second kappa shape index (κ2) is 11.4. The van der Waals surface area contributed by atoms with E-state index in [0.717, 1.165) is 25.7 Å². The number of hydrogen-bond acceptors (Lipinski definition) is 4. The highest BCUT2D eigenvalue weighted by Crippen LogP contribution is 2.18. The molecule has 0 radical (unpaired) electrons. The number of carbonyl (C=O) groups excluding carboxylic acids is 3. The molecule has 0 atom stereocenters. The van der Waals surface area contributed by atoms with Gasteiger partial charge in [0.25, 0.3) is 5.91 Å². The molecule has 4 rings (SSSR count). The number of urea groups is 2. The number of likely N-dealkylation sites (tertiary alicyclic amines) is 1. The average molecular weight is 458 g/mol. The van der Waals surface area contributed by atoms with Crippen LogP contribution in [-0.4, -0.2) is 79.2 Å². The van der Waals surface area contributed by atoms with Crippen LogP contribution in [0.3, 0.4) is 0 Å². The lowest BCUT2D eigenvalue weighted by Gasteiger charge is -2.33. The standard InChI is InChI=1S/C24H35N5O4/c30-22(28-13-15-33-16-14-28)18-5-4-8-21(17-18)27-24(32)29-11-9-20(10-12-29)26-23(31)25-19-6-2-1-3-7-19/h4-5,8,17,19-20H,1-3,6-7,9-16H2,(H,27,32)(H2,25,26,31). The Labute approximate surface area is 195 Å². The third-order valence-corrected chi connectivity index (χ3v) is 6.72. The van der Waals surface area contributed by atoms with Gasteiger partial charge in [0.1, 0.15) is 0 Å². The van der Waals surface area contributed by atoms with Crippen molar-refractivity contribution in [3.63, 3.8) is 0 Å². The van der Waals surface area contributed by atoms with E-state index >= 15 is 0 Å². The normalized spacial score (nSPS) is 20.2. The van der Waals surface area contributed by atoms with Crippen LogP contribution in [0.4, 0.5) is 15.3 Å². The number of morpholine rings is 1. The van der Waals surface area contributed by atoms with Crippen molar-refractivity contribution in [3.05, 3.63) is 29.8 Å². The highest BCUT2D eigenvalue weighted by atomic mass is 16.5. The Morgan fingerprint density at radius 3 is 2.18 bits per heavy atom. The minimum absolute atomic E-state index is 0.0483. The zero-order chi connectivity index (χ0) is 23.0. The Morgan fingerprint density at radius 1 is 0.818 bits per heavy atom. The number of benzene rings is 1. The van der Waals surface area contributed by atoms with Crippen molar-refractivity contribution in [1.29, 1.82) is 0 Å². The molecule has 3 aliphatic rings. The van der Waals surface area contributed by atoms with Gasteiger partial charge in [-0.25, -0.2) is 9.59 Å². The fourth-order valence-corrected chi connectivity index (χ4v) is 4.77. The fourth-order valence-electron chi connectivity index (χ4n) is 4.77. The molecule has 1 saturated carbocycles. The van der Waals surface area contributed by atoms with Crippen LogP contribution in [0.25, 0.3) is 0 Å². The summed E-state index contributed by atoms with van der Waals surface area (Å²) in [4.78, 5) is 41.3. The average Bonchev–Trinajstić information content (AvgIpc) is 2.85. The van der Waals surface area contributed by atoms with Gasteiger partial charge in [-0.15, -0.1) is 0 Å². The molecular formula is C24H35N5O4. The number of amides is 5. The Kier molecular flexibility index (Phi) is 8.04. The molecule has 180 valence electrons. The largest absolute Gasteiger partial charge is 0.378 e. The van der Waals surface area contributed by atoms with E-state index in [1.165, 1.54) is 19.3 Å². The number of anilines is 1. The van der Waals surface area contributed by atoms with Crippen LogP contribution < -0.4 is 16.0 Å². The van der Waals surface area contributed by atoms with Crippen molar-refractivity contribution in [1.82, 2.24) is 20.4 Å². The van der Waals surface area contributed by atoms with Crippen LogP contribution in [0, 0.1) is 0 Å². The first kappa shape index (κ1) is 23.4. The maximum Gasteiger partial charge on any atom is 0.321 e. The second-order valence-corrected chi connectivity index (χ2v) is 9.13. The smallest absolute Gasteiger partial charge is 0.321 e. The summed E-state index contributed by atoms with van der Waals surface area (Å²) in [6, 6.07) is 7.15. The number of nitrogens with zero attached hydrogens (tertiary/aromatic N) is 2. The number of carbonyl (C=O) groups is 3. The Balaban J connectivity index is 1.22. The quantitative estimate of drug-likeness (QED) is 0.647. The first-order chi connectivity index (χ1) is 16.1. The van der Waals surface area contributed by atoms with E-state index in [0.29, 0.717) is 50.6 Å². The minimum Gasteiger partial charge on any atom is -0.378 e. The summed E-state index contributed by atoms with van der Waals surface area (Å²) in [6.07, 6.45) is 7.19. The van der Waals surface area contributed by atoms with Crippen molar-refractivity contribution in [2.45, 2.75) is 57.0 Å². The monoisotopic (exact) mass is 457 g/mol. The topological polar surface area (TPSA) is 103 Å². The zero-order valence-electron chi connectivity index (χ0n) is 19.2. The van der Waals surface area contributed by atoms with Crippen molar-refractivity contribution in [2.24, 2.45) is 0 Å². The van der Waals surface area contributed by atoms with Crippen molar-refractivity contribution >= 4 is 23.7 Å². The lowest BCUT2D eigenvalue weighted by Crippen LogP contribution is -2.51. The SMILES string of the molecule is O=C(NC1CCCCC1)NC1CCN(C(=O)Nc2cccc(C(=O)N3CCOCC3)c2)CC1. The third-order valence-electron chi connectivity index (χ3n) is 6.72. The number of piperidine rings is 1. The molecule has 2 aliphatic heterocycles. The summed E-state index contributed by atoms with van der Waals surface area (Å²) in [5.41, 5.74) is 1.16. The van der Waals surface area contributed by atoms with Crippen molar-refractivity contribution in [3.8, 4) is 0 Å². The summed E-state index contributed by atoms with van der Waals surface area (Å²) in [7, 11) is 0. The lowest BCUT2D eigenvalue weighted by molar-refractivity contribution is 0.0303. The van der Waals surface area contributed by atoms with Crippen LogP contribution in [0.2, 0.25) is 0 Å². The molecule has 9 heteroatoms. The molecule has 3 N–H and O–H groups in total. The van der Waals surface area contributed by atoms with E-state index in [1.807, 2.05) is 0 Å². The molecule has 1 aromatic carbocycles. The summed E-state index contributed by atoms with van der Waals surface area (Å²) >= 11 is 0. The van der Waals surface area contributed by atoms with E-state index < -0.39 is 0 Å². The molecular weight excluding hydrogens is 422 g/mol. The van der Waals surface area contributed by atoms with Crippen LogP contribution >= 0.6 is 0 Å². The van der Waals surface area contributed by atoms with E-state index in [1.54, 1.807) is 34.1 Å². The molecule has 9 nitrogen and oxygen atoms in total. The van der Waals surface area contributed by atoms with Gasteiger partial charge in [-0.1, -0.05) is 25.3 Å². The number of hydrogen-bond donors (Lipinski definition) is 3. The van der Waals surface area contributed by atoms with E-state index in [9.17, 15) is 14.4 Å². The van der Waals surface area contributed by atoms with Crippen molar-refractivity contribution in [2.75, 3.05) is 44.7 Å². The molecule has 1 aliphatic carbocycles. The Hall–Kier alpha value is -2.81. The van der Waals surface area contributed by atoms with Gasteiger partial charge in [-0.3, -0.25) is 4.79 Å². The van der Waals surface area contributed by atoms with Crippen LogP contribution in [0.5, 0.6) is 0 Å². The van der Waals surface area contributed by atoms with E-state index in [4.69, 9.17) is 4.74 Å². The first-order valence-electron chi connectivity index (χ1n) is 12.2. The third kappa shape index (κ3) is 6.60. The van der Waals surface area contributed by atoms with Gasteiger partial charge in [0.05, 0.1) is 13.2 Å². The Morgan fingerprint density at radius 2 is 1.48 bits per heavy atom. The zero-order valence-corrected chi connectivity index (χ0v) is 19.2. The first-order valence-corrected chi connectivity index (χ1v) is 12.2. The van der Waals surface area contributed by atoms with E-state index in [-0.39, 0.29) is 30.1 Å². The van der Waals surface area contributed by atoms with Crippen molar-refractivity contribution < 1.29 is 19.1 Å². The molecule has 5 amide bonds. The van der Waals surface area contributed by atoms with Gasteiger partial charge in [0.2, 0.25) is 0 Å². The number of rotatable bonds is 4. The molecule has 0 unspecified atom stereocenters. The summed E-state index contributed by atoms with van der Waals surface area (Å²) in [5, 5.41) is 9.07. The highest BCUT2D eigenvalue weighted by molar-refractivity contribution is 5.97. The second-order valence-electron chi connectivity index (χ2n) is 9.13. The molecule has 2 saturated heterocycles. The Bertz CT molecular complexity index is 828. The molecule has 2 heterocycles. The fraction of sp³-hybridized carbons (Fsp3) is 0.625. The lowest BCUT2D eigenvalue weighted by atomic mass is 9.96. The van der Waals surface area contributed by atoms with Gasteiger partial charge >= 0.3 is 12.1 Å². The van der Waals surface area contributed by atoms with Gasteiger partial charge in [-0.2, -0.15) is 0 Å². The van der Waals surface area contributed by atoms with Crippen LogP contribution in [-0.2, 0) is 4.74 Å². The summed E-state index contributed by atoms with van der Waals surface area (Å²) in [5.74, 6) is -0.0483. The van der Waals surface area contributed by atoms with Crippen LogP contribution in [0.1, 0.15) is 55.3 Å². The highest BCUT2D eigenvalue weighted by Gasteiger charge is 2.25.